The lowest BCUT2D eigenvalue weighted by molar-refractivity contribution is -0.113. The lowest BCUT2D eigenvalue weighted by Gasteiger charge is -2.18. The average molecular weight is 504 g/mol. The zero-order chi connectivity index (χ0) is 24.7. The Labute approximate surface area is 213 Å². The first-order valence-corrected chi connectivity index (χ1v) is 13.7. The predicted molar refractivity (Wildman–Crippen MR) is 146 cm³/mol. The number of amides is 1. The monoisotopic (exact) mass is 503 g/mol. The second kappa shape index (κ2) is 9.63. The maximum Gasteiger partial charge on any atom is 0.267 e. The largest absolute Gasteiger partial charge is 0.325 e. The molecule has 0 saturated carbocycles. The fraction of sp³-hybridized carbons (Fsp3) is 0.321. The van der Waals surface area contributed by atoms with Crippen LogP contribution in [0, 0.1) is 26.7 Å². The second-order valence-electron chi connectivity index (χ2n) is 9.56. The van der Waals surface area contributed by atoms with Crippen molar-refractivity contribution in [2.75, 3.05) is 11.1 Å². The van der Waals surface area contributed by atoms with Gasteiger partial charge in [0.15, 0.2) is 5.16 Å². The molecule has 35 heavy (non-hydrogen) atoms. The number of carbonyl (C=O) groups is 1. The summed E-state index contributed by atoms with van der Waals surface area (Å²) in [6.07, 6.45) is 3.02. The molecule has 7 heteroatoms. The van der Waals surface area contributed by atoms with Gasteiger partial charge in [-0.05, 0) is 80.8 Å². The molecule has 0 aliphatic heterocycles. The van der Waals surface area contributed by atoms with E-state index in [2.05, 4.69) is 12.2 Å². The molecule has 0 fully saturated rings. The third-order valence-electron chi connectivity index (χ3n) is 6.59. The quantitative estimate of drug-likeness (QED) is 0.259. The van der Waals surface area contributed by atoms with Crippen LogP contribution in [-0.4, -0.2) is 21.2 Å². The van der Waals surface area contributed by atoms with E-state index in [0.29, 0.717) is 11.1 Å². The van der Waals surface area contributed by atoms with Gasteiger partial charge in [-0.2, -0.15) is 0 Å². The molecule has 5 rings (SSSR count). The van der Waals surface area contributed by atoms with Crippen molar-refractivity contribution in [3.8, 4) is 5.69 Å². The number of rotatable bonds is 5. The number of nitrogens with one attached hydrogen (secondary N) is 1. The normalized spacial score (nSPS) is 15.3. The molecule has 2 aromatic carbocycles. The van der Waals surface area contributed by atoms with Crippen LogP contribution in [0.25, 0.3) is 15.9 Å². The van der Waals surface area contributed by atoms with Crippen molar-refractivity contribution >= 4 is 44.9 Å². The summed E-state index contributed by atoms with van der Waals surface area (Å²) in [5.41, 5.74) is 5.96. The maximum absolute atomic E-state index is 13.9. The summed E-state index contributed by atoms with van der Waals surface area (Å²) in [5, 5.41) is 4.31. The molecule has 1 unspecified atom stereocenters. The Hall–Kier alpha value is -2.90. The number of thiophene rings is 1. The van der Waals surface area contributed by atoms with Crippen LogP contribution in [0.5, 0.6) is 0 Å². The Bertz CT molecular complexity index is 1490. The first-order valence-electron chi connectivity index (χ1n) is 11.9. The van der Waals surface area contributed by atoms with Crippen molar-refractivity contribution < 1.29 is 4.79 Å². The summed E-state index contributed by atoms with van der Waals surface area (Å²) < 4.78 is 1.68. The molecule has 2 heterocycles. The Morgan fingerprint density at radius 2 is 1.89 bits per heavy atom. The van der Waals surface area contributed by atoms with E-state index in [1.54, 1.807) is 15.9 Å². The Balaban J connectivity index is 1.52. The molecule has 1 amide bonds. The lowest BCUT2D eigenvalue weighted by atomic mass is 9.89. The van der Waals surface area contributed by atoms with Gasteiger partial charge in [0.2, 0.25) is 5.91 Å². The Kier molecular flexibility index (Phi) is 6.55. The molecule has 4 aromatic rings. The summed E-state index contributed by atoms with van der Waals surface area (Å²) >= 11 is 2.95. The second-order valence-corrected chi connectivity index (χ2v) is 11.6. The van der Waals surface area contributed by atoms with Crippen LogP contribution >= 0.6 is 23.1 Å². The molecule has 0 radical (unpaired) electrons. The number of benzene rings is 2. The number of hydrogen-bond acceptors (Lipinski definition) is 5. The number of aryl methyl sites for hydroxylation is 4. The van der Waals surface area contributed by atoms with Gasteiger partial charge in [0, 0.05) is 10.6 Å². The van der Waals surface area contributed by atoms with E-state index < -0.39 is 0 Å². The van der Waals surface area contributed by atoms with E-state index in [9.17, 15) is 9.59 Å². The molecule has 180 valence electrons. The molecule has 0 bridgehead atoms. The number of hydrogen-bond donors (Lipinski definition) is 1. The molecule has 0 saturated heterocycles. The first-order chi connectivity index (χ1) is 16.8. The number of thioether (sulfide) groups is 1. The molecular formula is C28H29N3O2S2. The van der Waals surface area contributed by atoms with Crippen molar-refractivity contribution in [2.45, 2.75) is 52.1 Å². The van der Waals surface area contributed by atoms with Crippen LogP contribution in [0.1, 0.15) is 40.5 Å². The van der Waals surface area contributed by atoms with Crippen LogP contribution < -0.4 is 10.9 Å². The minimum absolute atomic E-state index is 0.0386. The third-order valence-corrected chi connectivity index (χ3v) is 8.68. The fourth-order valence-electron chi connectivity index (χ4n) is 4.58. The van der Waals surface area contributed by atoms with Crippen molar-refractivity contribution in [2.24, 2.45) is 5.92 Å². The van der Waals surface area contributed by atoms with Gasteiger partial charge in [-0.3, -0.25) is 14.2 Å². The molecule has 2 aromatic heterocycles. The van der Waals surface area contributed by atoms with Gasteiger partial charge >= 0.3 is 0 Å². The highest BCUT2D eigenvalue weighted by molar-refractivity contribution is 7.99. The molecule has 5 nitrogen and oxygen atoms in total. The fourth-order valence-corrected chi connectivity index (χ4v) is 6.81. The van der Waals surface area contributed by atoms with Crippen LogP contribution in [0.3, 0.4) is 0 Å². The van der Waals surface area contributed by atoms with Gasteiger partial charge in [0.1, 0.15) is 4.83 Å². The lowest BCUT2D eigenvalue weighted by Crippen LogP contribution is -2.23. The van der Waals surface area contributed by atoms with Crippen LogP contribution in [0.4, 0.5) is 5.69 Å². The van der Waals surface area contributed by atoms with E-state index in [1.807, 2.05) is 63.2 Å². The maximum atomic E-state index is 13.9. The van der Waals surface area contributed by atoms with Crippen molar-refractivity contribution in [3.05, 3.63) is 79.9 Å². The molecular weight excluding hydrogens is 474 g/mol. The highest BCUT2D eigenvalue weighted by Crippen LogP contribution is 2.37. The van der Waals surface area contributed by atoms with E-state index in [0.717, 1.165) is 57.5 Å². The summed E-state index contributed by atoms with van der Waals surface area (Å²) in [6.45, 7) is 8.27. The standard InChI is InChI=1S/C28H29N3O2S2/c1-16-6-10-20(11-7-16)31-27(33)25-21-12-8-18(3)14-23(21)35-26(25)30-28(31)34-15-24(32)29-22-13-17(2)5-9-19(22)4/h5-7,9-11,13,18H,8,12,14-15H2,1-4H3,(H,29,32). The van der Waals surface area contributed by atoms with E-state index in [1.165, 1.54) is 22.2 Å². The summed E-state index contributed by atoms with van der Waals surface area (Å²) in [5.74, 6) is 0.671. The first kappa shape index (κ1) is 23.8. The smallest absolute Gasteiger partial charge is 0.267 e. The zero-order valence-electron chi connectivity index (χ0n) is 20.5. The van der Waals surface area contributed by atoms with Crippen LogP contribution in [-0.2, 0) is 17.6 Å². The number of nitrogens with zero attached hydrogens (tertiary/aromatic N) is 2. The van der Waals surface area contributed by atoms with E-state index in [4.69, 9.17) is 4.98 Å². The Morgan fingerprint density at radius 1 is 1.14 bits per heavy atom. The van der Waals surface area contributed by atoms with Gasteiger partial charge in [-0.15, -0.1) is 11.3 Å². The van der Waals surface area contributed by atoms with E-state index in [-0.39, 0.29) is 17.2 Å². The van der Waals surface area contributed by atoms with Crippen LogP contribution in [0.2, 0.25) is 0 Å². The van der Waals surface area contributed by atoms with Gasteiger partial charge in [0.25, 0.3) is 5.56 Å². The minimum Gasteiger partial charge on any atom is -0.325 e. The van der Waals surface area contributed by atoms with Gasteiger partial charge in [0.05, 0.1) is 16.8 Å². The average Bonchev–Trinajstić information content (AvgIpc) is 3.18. The summed E-state index contributed by atoms with van der Waals surface area (Å²) in [4.78, 5) is 33.7. The highest BCUT2D eigenvalue weighted by Gasteiger charge is 2.25. The SMILES string of the molecule is Cc1ccc(-n2c(SCC(=O)Nc3cc(C)ccc3C)nc3sc4c(c3c2=O)CCC(C)C4)cc1. The van der Waals surface area contributed by atoms with E-state index >= 15 is 0 Å². The molecule has 0 spiro atoms. The minimum atomic E-state index is -0.118. The highest BCUT2D eigenvalue weighted by atomic mass is 32.2. The van der Waals surface area contributed by atoms with Gasteiger partial charge < -0.3 is 5.32 Å². The van der Waals surface area contributed by atoms with Crippen molar-refractivity contribution in [3.63, 3.8) is 0 Å². The third kappa shape index (κ3) is 4.80. The number of fused-ring (bicyclic) bond motifs is 3. The van der Waals surface area contributed by atoms with Crippen molar-refractivity contribution in [1.82, 2.24) is 9.55 Å². The zero-order valence-corrected chi connectivity index (χ0v) is 22.1. The molecule has 1 aliphatic carbocycles. The topological polar surface area (TPSA) is 64.0 Å². The molecule has 1 aliphatic rings. The Morgan fingerprint density at radius 3 is 2.66 bits per heavy atom. The van der Waals surface area contributed by atoms with Gasteiger partial charge in [-0.1, -0.05) is 48.5 Å². The van der Waals surface area contributed by atoms with Crippen LogP contribution in [0.15, 0.2) is 52.4 Å². The number of aromatic nitrogens is 2. The van der Waals surface area contributed by atoms with Crippen molar-refractivity contribution in [1.29, 1.82) is 0 Å². The number of anilines is 1. The molecule has 1 atom stereocenters. The number of carbonyl (C=O) groups excluding carboxylic acids is 1. The summed E-state index contributed by atoms with van der Waals surface area (Å²) in [6, 6.07) is 13.9. The predicted octanol–water partition coefficient (Wildman–Crippen LogP) is 6.23. The van der Waals surface area contributed by atoms with Gasteiger partial charge in [-0.25, -0.2) is 4.98 Å². The molecule has 1 N–H and O–H groups in total. The summed E-state index contributed by atoms with van der Waals surface area (Å²) in [7, 11) is 0.